The number of hydrogen-bond donors (Lipinski definition) is 0. The molecule has 4 aromatic rings. The molecule has 0 atom stereocenters. The summed E-state index contributed by atoms with van der Waals surface area (Å²) >= 11 is 0. The van der Waals surface area contributed by atoms with Crippen molar-refractivity contribution < 1.29 is 0 Å². The van der Waals surface area contributed by atoms with Gasteiger partial charge in [-0.2, -0.15) is 0 Å². The molecule has 0 heteroatoms. The van der Waals surface area contributed by atoms with E-state index < -0.39 is 0 Å². The Labute approximate surface area is 167 Å². The maximum atomic E-state index is 4.24. The molecule has 0 saturated carbocycles. The Balaban J connectivity index is 2.40. The van der Waals surface area contributed by atoms with Crippen molar-refractivity contribution in [3.8, 4) is 0 Å². The molecular formula is C28H26. The average Bonchev–Trinajstić information content (AvgIpc) is 2.64. The molecular weight excluding hydrogens is 336 g/mol. The van der Waals surface area contributed by atoms with E-state index in [1.165, 1.54) is 54.6 Å². The third-order valence-corrected chi connectivity index (χ3v) is 5.74. The highest BCUT2D eigenvalue weighted by molar-refractivity contribution is 6.28. The standard InChI is InChI=1S/C28H26/c1-15(2)23-13-24(16(3)4)20-11-12-22-26(18(7)8)14-25(17(5)6)21-10-9-19(23)27(20)28(21)22/h9-14H,1,3,5,7H2,2,4,6,8H3. The Hall–Kier alpha value is -3.12. The van der Waals surface area contributed by atoms with E-state index in [0.29, 0.717) is 0 Å². The van der Waals surface area contributed by atoms with Crippen LogP contribution in [0.5, 0.6) is 0 Å². The van der Waals surface area contributed by atoms with Gasteiger partial charge in [0.1, 0.15) is 0 Å². The second-order valence-corrected chi connectivity index (χ2v) is 8.14. The molecule has 0 aliphatic rings. The van der Waals surface area contributed by atoms with Crippen LogP contribution in [0.1, 0.15) is 49.9 Å². The zero-order valence-electron chi connectivity index (χ0n) is 17.3. The molecule has 28 heavy (non-hydrogen) atoms. The quantitative estimate of drug-likeness (QED) is 0.318. The summed E-state index contributed by atoms with van der Waals surface area (Å²) in [7, 11) is 0. The first-order chi connectivity index (χ1) is 13.2. The average molecular weight is 363 g/mol. The molecule has 4 rings (SSSR count). The molecule has 0 radical (unpaired) electrons. The minimum Gasteiger partial charge on any atom is -0.0955 e. The third kappa shape index (κ3) is 2.45. The maximum Gasteiger partial charge on any atom is -0.00141 e. The lowest BCUT2D eigenvalue weighted by Gasteiger charge is -2.21. The van der Waals surface area contributed by atoms with E-state index in [9.17, 15) is 0 Å². The molecule has 0 unspecified atom stereocenters. The monoisotopic (exact) mass is 362 g/mol. The molecule has 0 aliphatic carbocycles. The first-order valence-corrected chi connectivity index (χ1v) is 9.64. The van der Waals surface area contributed by atoms with Gasteiger partial charge in [0.25, 0.3) is 0 Å². The van der Waals surface area contributed by atoms with Crippen LogP contribution in [0.3, 0.4) is 0 Å². The zero-order chi connectivity index (χ0) is 20.3. The fourth-order valence-corrected chi connectivity index (χ4v) is 4.41. The van der Waals surface area contributed by atoms with Crippen LogP contribution >= 0.6 is 0 Å². The van der Waals surface area contributed by atoms with Crippen LogP contribution in [-0.4, -0.2) is 0 Å². The van der Waals surface area contributed by atoms with Crippen molar-refractivity contribution in [1.82, 2.24) is 0 Å². The van der Waals surface area contributed by atoms with Gasteiger partial charge in [-0.3, -0.25) is 0 Å². The van der Waals surface area contributed by atoms with Crippen LogP contribution in [0.4, 0.5) is 0 Å². The fourth-order valence-electron chi connectivity index (χ4n) is 4.41. The number of allylic oxidation sites excluding steroid dienone is 4. The van der Waals surface area contributed by atoms with Crippen LogP contribution in [0.25, 0.3) is 54.6 Å². The van der Waals surface area contributed by atoms with Crippen LogP contribution in [0.15, 0.2) is 62.7 Å². The topological polar surface area (TPSA) is 0 Å². The summed E-state index contributed by atoms with van der Waals surface area (Å²) < 4.78 is 0. The predicted molar refractivity (Wildman–Crippen MR) is 129 cm³/mol. The van der Waals surface area contributed by atoms with Crippen molar-refractivity contribution in [1.29, 1.82) is 0 Å². The van der Waals surface area contributed by atoms with E-state index in [2.05, 4.69) is 90.4 Å². The molecule has 0 aromatic heterocycles. The highest BCUT2D eigenvalue weighted by atomic mass is 14.2. The smallest absolute Gasteiger partial charge is 0.00141 e. The molecule has 0 spiro atoms. The van der Waals surface area contributed by atoms with Gasteiger partial charge in [0.05, 0.1) is 0 Å². The number of rotatable bonds is 4. The Morgan fingerprint density at radius 3 is 0.857 bits per heavy atom. The summed E-state index contributed by atoms with van der Waals surface area (Å²) in [6, 6.07) is 13.4. The summed E-state index contributed by atoms with van der Waals surface area (Å²) in [5, 5.41) is 7.57. The van der Waals surface area contributed by atoms with Crippen LogP contribution < -0.4 is 0 Å². The summed E-state index contributed by atoms with van der Waals surface area (Å²) in [6.45, 7) is 25.3. The van der Waals surface area contributed by atoms with Crippen molar-refractivity contribution in [3.63, 3.8) is 0 Å². The molecule has 0 heterocycles. The SMILES string of the molecule is C=C(C)c1cc(C(=C)C)c2ccc3c(C(=C)C)cc(C(=C)C)c4ccc1c2c43. The van der Waals surface area contributed by atoms with Crippen LogP contribution in [-0.2, 0) is 0 Å². The van der Waals surface area contributed by atoms with Gasteiger partial charge in [0.15, 0.2) is 0 Å². The van der Waals surface area contributed by atoms with Crippen molar-refractivity contribution in [2.24, 2.45) is 0 Å². The van der Waals surface area contributed by atoms with Crippen molar-refractivity contribution in [3.05, 3.63) is 85.0 Å². The first-order valence-electron chi connectivity index (χ1n) is 9.64. The minimum atomic E-state index is 1.07. The van der Waals surface area contributed by atoms with Crippen molar-refractivity contribution >= 4 is 54.6 Å². The fraction of sp³-hybridized carbons (Fsp3) is 0.143. The Morgan fingerprint density at radius 1 is 0.464 bits per heavy atom. The van der Waals surface area contributed by atoms with Gasteiger partial charge >= 0.3 is 0 Å². The Bertz CT molecular complexity index is 1140. The second kappa shape index (κ2) is 6.21. The largest absolute Gasteiger partial charge is 0.0955 e. The molecule has 4 aromatic carbocycles. The normalized spacial score (nSPS) is 11.4. The first kappa shape index (κ1) is 18.3. The van der Waals surface area contributed by atoms with Gasteiger partial charge in [-0.05, 0) is 94.4 Å². The molecule has 0 aliphatic heterocycles. The summed E-state index contributed by atoms with van der Waals surface area (Å²) in [4.78, 5) is 0. The molecule has 0 amide bonds. The lowest BCUT2D eigenvalue weighted by molar-refractivity contribution is 1.57. The van der Waals surface area contributed by atoms with E-state index >= 15 is 0 Å². The maximum absolute atomic E-state index is 4.24. The number of hydrogen-bond acceptors (Lipinski definition) is 0. The summed E-state index contributed by atoms with van der Waals surface area (Å²) in [6.07, 6.45) is 0. The molecule has 138 valence electrons. The van der Waals surface area contributed by atoms with Crippen LogP contribution in [0, 0.1) is 0 Å². The van der Waals surface area contributed by atoms with E-state index in [4.69, 9.17) is 0 Å². The van der Waals surface area contributed by atoms with Gasteiger partial charge in [0, 0.05) is 0 Å². The van der Waals surface area contributed by atoms with Crippen molar-refractivity contribution in [2.75, 3.05) is 0 Å². The third-order valence-electron chi connectivity index (χ3n) is 5.74. The highest BCUT2D eigenvalue weighted by Crippen LogP contribution is 2.44. The van der Waals surface area contributed by atoms with Crippen molar-refractivity contribution in [2.45, 2.75) is 27.7 Å². The minimum absolute atomic E-state index is 1.07. The molecule has 0 nitrogen and oxygen atoms in total. The lowest BCUT2D eigenvalue weighted by atomic mass is 9.82. The summed E-state index contributed by atoms with van der Waals surface area (Å²) in [5.74, 6) is 0. The zero-order valence-corrected chi connectivity index (χ0v) is 17.3. The van der Waals surface area contributed by atoms with E-state index in [1.54, 1.807) is 0 Å². The predicted octanol–water partition coefficient (Wildman–Crippen LogP) is 8.72. The number of benzene rings is 4. The van der Waals surface area contributed by atoms with Gasteiger partial charge in [-0.1, -0.05) is 72.9 Å². The lowest BCUT2D eigenvalue weighted by Crippen LogP contribution is -1.96. The van der Waals surface area contributed by atoms with E-state index in [-0.39, 0.29) is 0 Å². The van der Waals surface area contributed by atoms with E-state index in [0.717, 1.165) is 22.3 Å². The summed E-state index contributed by atoms with van der Waals surface area (Å²) in [5.41, 5.74) is 9.05. The molecule has 0 N–H and O–H groups in total. The van der Waals surface area contributed by atoms with Gasteiger partial charge < -0.3 is 0 Å². The Kier molecular flexibility index (Phi) is 4.05. The molecule has 0 fully saturated rings. The van der Waals surface area contributed by atoms with Crippen LogP contribution in [0.2, 0.25) is 0 Å². The molecule has 0 saturated heterocycles. The van der Waals surface area contributed by atoms with Gasteiger partial charge in [0.2, 0.25) is 0 Å². The van der Waals surface area contributed by atoms with E-state index in [1.807, 2.05) is 0 Å². The van der Waals surface area contributed by atoms with Gasteiger partial charge in [-0.25, -0.2) is 0 Å². The van der Waals surface area contributed by atoms with Gasteiger partial charge in [-0.15, -0.1) is 0 Å². The Morgan fingerprint density at radius 2 is 0.679 bits per heavy atom. The second-order valence-electron chi connectivity index (χ2n) is 8.14. The highest BCUT2D eigenvalue weighted by Gasteiger charge is 2.19. The molecule has 0 bridgehead atoms.